The second-order valence-electron chi connectivity index (χ2n) is 13.9. The van der Waals surface area contributed by atoms with Crippen LogP contribution in [0.2, 0.25) is 0 Å². The number of unbranched alkanes of at least 4 members (excludes halogenated alkanes) is 20. The lowest BCUT2D eigenvalue weighted by molar-refractivity contribution is -0.152. The van der Waals surface area contributed by atoms with Gasteiger partial charge in [0.05, 0.1) is 0 Å². The number of aliphatic hydroxyl groups is 1. The number of rotatable bonds is 34. The molecule has 5 nitrogen and oxygen atoms in total. The molecule has 3 atom stereocenters. The smallest absolute Gasteiger partial charge is 0.305 e. The van der Waals surface area contributed by atoms with Gasteiger partial charge in [-0.05, 0) is 24.7 Å². The van der Waals surface area contributed by atoms with Crippen LogP contribution < -0.4 is 0 Å². The SMILES string of the molecule is CCC(C)CCCCCCCCCCCCCCCCC(=O)OC[C@H](O)COC(=O)CCCCCCCCCCC(C)CC. The van der Waals surface area contributed by atoms with Crippen molar-refractivity contribution >= 4 is 11.9 Å². The molecule has 0 fully saturated rings. The van der Waals surface area contributed by atoms with E-state index in [1.165, 1.54) is 135 Å². The topological polar surface area (TPSA) is 72.8 Å². The molecule has 0 radical (unpaired) electrons. The first-order chi connectivity index (χ1) is 21.4. The van der Waals surface area contributed by atoms with Gasteiger partial charge < -0.3 is 14.6 Å². The Morgan fingerprint density at radius 1 is 0.455 bits per heavy atom. The highest BCUT2D eigenvalue weighted by Gasteiger charge is 2.12. The average molecular weight is 625 g/mol. The van der Waals surface area contributed by atoms with Gasteiger partial charge in [-0.1, -0.05) is 182 Å². The lowest BCUT2D eigenvalue weighted by Crippen LogP contribution is -2.25. The number of hydrogen-bond donors (Lipinski definition) is 1. The highest BCUT2D eigenvalue weighted by molar-refractivity contribution is 5.69. The van der Waals surface area contributed by atoms with E-state index in [1.807, 2.05) is 0 Å². The van der Waals surface area contributed by atoms with Crippen LogP contribution in [-0.2, 0) is 19.1 Å². The number of ether oxygens (including phenoxy) is 2. The van der Waals surface area contributed by atoms with Gasteiger partial charge in [0, 0.05) is 12.8 Å². The quantitative estimate of drug-likeness (QED) is 0.0569. The summed E-state index contributed by atoms with van der Waals surface area (Å²) in [4.78, 5) is 23.9. The Balaban J connectivity index is 3.40. The third-order valence-corrected chi connectivity index (χ3v) is 9.42. The minimum atomic E-state index is -0.956. The van der Waals surface area contributed by atoms with E-state index in [0.717, 1.165) is 43.9 Å². The molecule has 0 aliphatic rings. The lowest BCUT2D eigenvalue weighted by atomic mass is 9.99. The fourth-order valence-electron chi connectivity index (χ4n) is 5.69. The molecule has 0 aromatic rings. The number of carbonyl (C=O) groups is 2. The van der Waals surface area contributed by atoms with Crippen molar-refractivity contribution in [1.82, 2.24) is 0 Å². The Morgan fingerprint density at radius 3 is 0.977 bits per heavy atom. The zero-order chi connectivity index (χ0) is 32.5. The minimum Gasteiger partial charge on any atom is -0.463 e. The van der Waals surface area contributed by atoms with E-state index in [2.05, 4.69) is 27.7 Å². The Morgan fingerprint density at radius 2 is 0.705 bits per heavy atom. The molecule has 0 rings (SSSR count). The summed E-state index contributed by atoms with van der Waals surface area (Å²) in [6.45, 7) is 9.05. The van der Waals surface area contributed by atoms with E-state index in [-0.39, 0.29) is 25.2 Å². The monoisotopic (exact) mass is 625 g/mol. The van der Waals surface area contributed by atoms with Crippen LogP contribution in [0.15, 0.2) is 0 Å². The molecule has 44 heavy (non-hydrogen) atoms. The molecule has 5 heteroatoms. The molecule has 0 amide bonds. The van der Waals surface area contributed by atoms with Crippen molar-refractivity contribution in [2.45, 2.75) is 214 Å². The van der Waals surface area contributed by atoms with Gasteiger partial charge in [-0.2, -0.15) is 0 Å². The zero-order valence-corrected chi connectivity index (χ0v) is 30.0. The van der Waals surface area contributed by atoms with E-state index in [9.17, 15) is 14.7 Å². The number of esters is 2. The molecule has 2 unspecified atom stereocenters. The van der Waals surface area contributed by atoms with E-state index >= 15 is 0 Å². The molecule has 0 bridgehead atoms. The fraction of sp³-hybridized carbons (Fsp3) is 0.949. The van der Waals surface area contributed by atoms with Crippen molar-refractivity contribution in [2.75, 3.05) is 13.2 Å². The van der Waals surface area contributed by atoms with Gasteiger partial charge in [0.15, 0.2) is 0 Å². The molecule has 0 saturated carbocycles. The molecule has 262 valence electrons. The van der Waals surface area contributed by atoms with Gasteiger partial charge >= 0.3 is 11.9 Å². The molecule has 0 aromatic heterocycles. The molecular formula is C39H76O5. The predicted octanol–water partition coefficient (Wildman–Crippen LogP) is 11.7. The van der Waals surface area contributed by atoms with Crippen LogP contribution >= 0.6 is 0 Å². The lowest BCUT2D eigenvalue weighted by Gasteiger charge is -2.12. The van der Waals surface area contributed by atoms with Gasteiger partial charge in [-0.3, -0.25) is 9.59 Å². The Hall–Kier alpha value is -1.10. The minimum absolute atomic E-state index is 0.109. The van der Waals surface area contributed by atoms with Crippen LogP contribution in [0.5, 0.6) is 0 Å². The second kappa shape index (κ2) is 33.3. The average Bonchev–Trinajstić information content (AvgIpc) is 3.02. The van der Waals surface area contributed by atoms with Gasteiger partial charge in [0.25, 0.3) is 0 Å². The molecule has 1 N–H and O–H groups in total. The van der Waals surface area contributed by atoms with Gasteiger partial charge in [-0.15, -0.1) is 0 Å². The van der Waals surface area contributed by atoms with Crippen LogP contribution in [0.4, 0.5) is 0 Å². The van der Waals surface area contributed by atoms with E-state index in [1.54, 1.807) is 0 Å². The summed E-state index contributed by atoms with van der Waals surface area (Å²) < 4.78 is 10.3. The van der Waals surface area contributed by atoms with Crippen LogP contribution in [0, 0.1) is 11.8 Å². The maximum absolute atomic E-state index is 12.0. The number of carbonyl (C=O) groups excluding carboxylic acids is 2. The Labute approximate surface area is 274 Å². The molecular weight excluding hydrogens is 548 g/mol. The molecule has 0 aromatic carbocycles. The maximum atomic E-state index is 12.0. The largest absolute Gasteiger partial charge is 0.463 e. The normalized spacial score (nSPS) is 13.5. The first-order valence-corrected chi connectivity index (χ1v) is 19.4. The second-order valence-corrected chi connectivity index (χ2v) is 13.9. The van der Waals surface area contributed by atoms with Gasteiger partial charge in [0.1, 0.15) is 19.3 Å². The summed E-state index contributed by atoms with van der Waals surface area (Å²) >= 11 is 0. The predicted molar refractivity (Wildman–Crippen MR) is 187 cm³/mol. The highest BCUT2D eigenvalue weighted by atomic mass is 16.6. The maximum Gasteiger partial charge on any atom is 0.305 e. The summed E-state index contributed by atoms with van der Waals surface area (Å²) in [5.74, 6) is 1.21. The van der Waals surface area contributed by atoms with E-state index < -0.39 is 6.10 Å². The van der Waals surface area contributed by atoms with Crippen molar-refractivity contribution < 1.29 is 24.2 Å². The molecule has 0 aliphatic heterocycles. The first kappa shape index (κ1) is 42.9. The molecule has 0 aliphatic carbocycles. The van der Waals surface area contributed by atoms with Crippen molar-refractivity contribution in [3.05, 3.63) is 0 Å². The van der Waals surface area contributed by atoms with Crippen molar-refractivity contribution in [2.24, 2.45) is 11.8 Å². The highest BCUT2D eigenvalue weighted by Crippen LogP contribution is 2.17. The van der Waals surface area contributed by atoms with Gasteiger partial charge in [-0.25, -0.2) is 0 Å². The summed E-state index contributed by atoms with van der Waals surface area (Å²) in [6, 6.07) is 0. The Kier molecular flexibility index (Phi) is 32.4. The molecule has 0 heterocycles. The zero-order valence-electron chi connectivity index (χ0n) is 30.0. The van der Waals surface area contributed by atoms with Crippen LogP contribution in [0.25, 0.3) is 0 Å². The van der Waals surface area contributed by atoms with E-state index in [4.69, 9.17) is 9.47 Å². The van der Waals surface area contributed by atoms with Gasteiger partial charge in [0.2, 0.25) is 0 Å². The number of hydrogen-bond acceptors (Lipinski definition) is 5. The van der Waals surface area contributed by atoms with Crippen molar-refractivity contribution in [3.63, 3.8) is 0 Å². The van der Waals surface area contributed by atoms with Crippen molar-refractivity contribution in [1.29, 1.82) is 0 Å². The third kappa shape index (κ3) is 32.3. The Bertz CT molecular complexity index is 622. The molecule has 0 saturated heterocycles. The standard InChI is InChI=1S/C39H76O5/c1-5-35(3)29-25-21-17-13-11-9-7-8-10-12-14-19-23-27-31-38(41)43-33-37(40)34-44-39(42)32-28-24-20-16-15-18-22-26-30-36(4)6-2/h35-37,40H,5-34H2,1-4H3/t35?,36?,37-/m0/s1. The van der Waals surface area contributed by atoms with Crippen LogP contribution in [0.3, 0.4) is 0 Å². The summed E-state index contributed by atoms with van der Waals surface area (Å²) in [6.07, 6.45) is 32.9. The van der Waals surface area contributed by atoms with Crippen molar-refractivity contribution in [3.8, 4) is 0 Å². The van der Waals surface area contributed by atoms with E-state index in [0.29, 0.717) is 12.8 Å². The third-order valence-electron chi connectivity index (χ3n) is 9.42. The van der Waals surface area contributed by atoms with Crippen LogP contribution in [-0.4, -0.2) is 36.4 Å². The van der Waals surface area contributed by atoms with Crippen LogP contribution in [0.1, 0.15) is 207 Å². The summed E-state index contributed by atoms with van der Waals surface area (Å²) in [7, 11) is 0. The summed E-state index contributed by atoms with van der Waals surface area (Å²) in [5, 5.41) is 10.00. The number of aliphatic hydroxyl groups excluding tert-OH is 1. The molecule has 0 spiro atoms. The fourth-order valence-corrected chi connectivity index (χ4v) is 5.69. The first-order valence-electron chi connectivity index (χ1n) is 19.4. The summed E-state index contributed by atoms with van der Waals surface area (Å²) in [5.41, 5.74) is 0.